The largest absolute Gasteiger partial charge is 0.370 e. The molecule has 4 heteroatoms. The minimum Gasteiger partial charge on any atom is -0.370 e. The van der Waals surface area contributed by atoms with Gasteiger partial charge in [0.05, 0.1) is 17.9 Å². The van der Waals surface area contributed by atoms with Crippen LogP contribution in [0.4, 0.5) is 5.69 Å². The minimum atomic E-state index is 0.443. The Kier molecular flexibility index (Phi) is 3.08. The first-order valence-electron chi connectivity index (χ1n) is 3.55. The van der Waals surface area contributed by atoms with Gasteiger partial charge in [-0.15, -0.1) is 0 Å². The van der Waals surface area contributed by atoms with Crippen molar-refractivity contribution >= 4 is 5.69 Å². The van der Waals surface area contributed by atoms with E-state index in [1.807, 2.05) is 18.2 Å². The van der Waals surface area contributed by atoms with Crippen molar-refractivity contribution in [3.05, 3.63) is 29.8 Å². The van der Waals surface area contributed by atoms with Crippen LogP contribution in [0, 0.1) is 11.3 Å². The number of rotatable bonds is 3. The lowest BCUT2D eigenvalue weighted by molar-refractivity contribution is 0.790. The molecule has 4 nitrogen and oxygen atoms in total. The van der Waals surface area contributed by atoms with Crippen LogP contribution in [0.3, 0.4) is 0 Å². The molecule has 4 N–H and O–H groups in total. The number of hydrazine groups is 1. The summed E-state index contributed by atoms with van der Waals surface area (Å²) in [5.74, 6) is 5.07. The van der Waals surface area contributed by atoms with Crippen LogP contribution in [0.5, 0.6) is 0 Å². The van der Waals surface area contributed by atoms with Crippen LogP contribution in [-0.2, 0) is 0 Å². The highest BCUT2D eigenvalue weighted by atomic mass is 15.3. The maximum atomic E-state index is 8.68. The van der Waals surface area contributed by atoms with E-state index in [1.54, 1.807) is 6.07 Å². The molecule has 0 aliphatic carbocycles. The molecule has 0 fully saturated rings. The number of hydrogen-bond donors (Lipinski definition) is 3. The number of benzene rings is 1. The Morgan fingerprint density at radius 1 is 1.42 bits per heavy atom. The molecule has 0 saturated carbocycles. The van der Waals surface area contributed by atoms with Gasteiger partial charge in [0.15, 0.2) is 0 Å². The molecule has 0 saturated heterocycles. The van der Waals surface area contributed by atoms with Gasteiger partial charge < -0.3 is 5.32 Å². The smallest absolute Gasteiger partial charge is 0.101 e. The van der Waals surface area contributed by atoms with E-state index in [0.717, 1.165) is 5.69 Å². The first-order chi connectivity index (χ1) is 5.88. The zero-order chi connectivity index (χ0) is 8.81. The van der Waals surface area contributed by atoms with Gasteiger partial charge in [0.2, 0.25) is 0 Å². The predicted octanol–water partition coefficient (Wildman–Crippen LogP) is 0.391. The van der Waals surface area contributed by atoms with Crippen molar-refractivity contribution in [1.29, 1.82) is 5.26 Å². The third-order valence-electron chi connectivity index (χ3n) is 1.43. The van der Waals surface area contributed by atoms with Crippen molar-refractivity contribution in [3.63, 3.8) is 0 Å². The highest BCUT2D eigenvalue weighted by molar-refractivity contribution is 5.56. The standard InChI is InChI=1S/C8H10N4/c9-5-7-3-1-2-4-8(7)11-6-12-10/h1-4,11-12H,6,10H2. The Bertz CT molecular complexity index is 289. The maximum absolute atomic E-state index is 8.68. The summed E-state index contributed by atoms with van der Waals surface area (Å²) in [6.07, 6.45) is 0. The van der Waals surface area contributed by atoms with Gasteiger partial charge in [-0.25, -0.2) is 5.43 Å². The average molecular weight is 162 g/mol. The van der Waals surface area contributed by atoms with Crippen molar-refractivity contribution in [2.45, 2.75) is 0 Å². The molecule has 1 rings (SSSR count). The summed E-state index contributed by atoms with van der Waals surface area (Å²) in [6.45, 7) is 0.443. The number of nitrogens with zero attached hydrogens (tertiary/aromatic N) is 1. The fourth-order valence-corrected chi connectivity index (χ4v) is 0.881. The summed E-state index contributed by atoms with van der Waals surface area (Å²) in [6, 6.07) is 9.33. The normalized spacial score (nSPS) is 9.00. The van der Waals surface area contributed by atoms with Crippen LogP contribution >= 0.6 is 0 Å². The highest BCUT2D eigenvalue weighted by Crippen LogP contribution is 2.12. The number of hydrogen-bond acceptors (Lipinski definition) is 4. The molecule has 1 aromatic rings. The van der Waals surface area contributed by atoms with Gasteiger partial charge in [-0.1, -0.05) is 12.1 Å². The second kappa shape index (κ2) is 4.34. The van der Waals surface area contributed by atoms with E-state index in [2.05, 4.69) is 16.8 Å². The van der Waals surface area contributed by atoms with Crippen molar-refractivity contribution in [1.82, 2.24) is 5.43 Å². The molecule has 0 bridgehead atoms. The molecule has 12 heavy (non-hydrogen) atoms. The van der Waals surface area contributed by atoms with E-state index in [-0.39, 0.29) is 0 Å². The van der Waals surface area contributed by atoms with Gasteiger partial charge in [-0.05, 0) is 12.1 Å². The number of nitrogens with two attached hydrogens (primary N) is 1. The third-order valence-corrected chi connectivity index (χ3v) is 1.43. The Hall–Kier alpha value is -1.57. The van der Waals surface area contributed by atoms with Gasteiger partial charge in [0.1, 0.15) is 6.07 Å². The molecule has 0 aromatic heterocycles. The van der Waals surface area contributed by atoms with Crippen LogP contribution in [0.1, 0.15) is 5.56 Å². The van der Waals surface area contributed by atoms with E-state index in [1.165, 1.54) is 0 Å². The van der Waals surface area contributed by atoms with E-state index in [0.29, 0.717) is 12.2 Å². The number of nitriles is 1. The van der Waals surface area contributed by atoms with E-state index in [9.17, 15) is 0 Å². The summed E-state index contributed by atoms with van der Waals surface area (Å²) in [4.78, 5) is 0. The van der Waals surface area contributed by atoms with Gasteiger partial charge in [-0.2, -0.15) is 5.26 Å². The number of nitrogens with one attached hydrogen (secondary N) is 2. The topological polar surface area (TPSA) is 73.9 Å². The van der Waals surface area contributed by atoms with E-state index < -0.39 is 0 Å². The first kappa shape index (κ1) is 8.53. The Labute approximate surface area is 71.0 Å². The van der Waals surface area contributed by atoms with Gasteiger partial charge in [-0.3, -0.25) is 5.84 Å². The number of para-hydroxylation sites is 1. The summed E-state index contributed by atoms with van der Waals surface area (Å²) in [7, 11) is 0. The summed E-state index contributed by atoms with van der Waals surface area (Å²) < 4.78 is 0. The number of anilines is 1. The predicted molar refractivity (Wildman–Crippen MR) is 47.0 cm³/mol. The highest BCUT2D eigenvalue weighted by Gasteiger charge is 1.96. The molecule has 0 unspecified atom stereocenters. The summed E-state index contributed by atoms with van der Waals surface area (Å²) in [5.41, 5.74) is 3.86. The second-order valence-electron chi connectivity index (χ2n) is 2.22. The molecule has 0 radical (unpaired) electrons. The fraction of sp³-hybridized carbons (Fsp3) is 0.125. The van der Waals surface area contributed by atoms with Crippen LogP contribution in [0.2, 0.25) is 0 Å². The monoisotopic (exact) mass is 162 g/mol. The van der Waals surface area contributed by atoms with E-state index >= 15 is 0 Å². The summed E-state index contributed by atoms with van der Waals surface area (Å²) in [5, 5.41) is 11.6. The average Bonchev–Trinajstić information content (AvgIpc) is 2.15. The Balaban J connectivity index is 2.77. The molecule has 62 valence electrons. The van der Waals surface area contributed by atoms with Crippen LogP contribution in [-0.4, -0.2) is 6.67 Å². The Morgan fingerprint density at radius 2 is 2.17 bits per heavy atom. The molecule has 0 aliphatic heterocycles. The third kappa shape index (κ3) is 1.95. The zero-order valence-electron chi connectivity index (χ0n) is 6.54. The van der Waals surface area contributed by atoms with Crippen molar-refractivity contribution < 1.29 is 0 Å². The zero-order valence-corrected chi connectivity index (χ0v) is 6.54. The van der Waals surface area contributed by atoms with Crippen LogP contribution in [0.15, 0.2) is 24.3 Å². The molecule has 0 atom stereocenters. The van der Waals surface area contributed by atoms with Crippen LogP contribution < -0.4 is 16.6 Å². The lowest BCUT2D eigenvalue weighted by Gasteiger charge is -2.05. The second-order valence-corrected chi connectivity index (χ2v) is 2.22. The quantitative estimate of drug-likeness (QED) is 0.341. The van der Waals surface area contributed by atoms with Crippen molar-refractivity contribution in [2.24, 2.45) is 5.84 Å². The molecule has 1 aromatic carbocycles. The van der Waals surface area contributed by atoms with Crippen molar-refractivity contribution in [3.8, 4) is 6.07 Å². The van der Waals surface area contributed by atoms with Gasteiger partial charge >= 0.3 is 0 Å². The molecular weight excluding hydrogens is 152 g/mol. The minimum absolute atomic E-state index is 0.443. The van der Waals surface area contributed by atoms with Gasteiger partial charge in [0.25, 0.3) is 0 Å². The fourth-order valence-electron chi connectivity index (χ4n) is 0.881. The SMILES string of the molecule is N#Cc1ccccc1NCNN. The van der Waals surface area contributed by atoms with Crippen molar-refractivity contribution in [2.75, 3.05) is 12.0 Å². The lowest BCUT2D eigenvalue weighted by Crippen LogP contribution is -2.28. The molecule has 0 heterocycles. The molecular formula is C8H10N4. The van der Waals surface area contributed by atoms with Crippen LogP contribution in [0.25, 0.3) is 0 Å². The van der Waals surface area contributed by atoms with Gasteiger partial charge in [0, 0.05) is 0 Å². The molecule has 0 aliphatic rings. The molecule has 0 spiro atoms. The first-order valence-corrected chi connectivity index (χ1v) is 3.55. The van der Waals surface area contributed by atoms with E-state index in [4.69, 9.17) is 11.1 Å². The summed E-state index contributed by atoms with van der Waals surface area (Å²) >= 11 is 0. The molecule has 0 amide bonds. The Morgan fingerprint density at radius 3 is 2.83 bits per heavy atom. The lowest BCUT2D eigenvalue weighted by atomic mass is 10.2. The maximum Gasteiger partial charge on any atom is 0.101 e.